The van der Waals surface area contributed by atoms with Crippen LogP contribution in [0, 0.1) is 0 Å². The van der Waals surface area contributed by atoms with Gasteiger partial charge in [0.05, 0.1) is 18.7 Å². The largest absolute Gasteiger partial charge is 0.387 e. The maximum atomic E-state index is 12.0. The van der Waals surface area contributed by atoms with E-state index in [0.29, 0.717) is 26.2 Å². The SMILES string of the molecule is CCC1(O)CN(CC(=O)N(C)Cc2cccs2)C1. The number of carbonyl (C=O) groups is 1. The molecule has 5 heteroatoms. The van der Waals surface area contributed by atoms with Crippen molar-refractivity contribution in [3.8, 4) is 0 Å². The van der Waals surface area contributed by atoms with Crippen molar-refractivity contribution in [3.63, 3.8) is 0 Å². The lowest BCUT2D eigenvalue weighted by Gasteiger charge is -2.46. The number of aliphatic hydroxyl groups is 1. The van der Waals surface area contributed by atoms with Gasteiger partial charge in [0.25, 0.3) is 0 Å². The summed E-state index contributed by atoms with van der Waals surface area (Å²) in [4.78, 5) is 16.9. The van der Waals surface area contributed by atoms with Gasteiger partial charge in [0.2, 0.25) is 5.91 Å². The van der Waals surface area contributed by atoms with Gasteiger partial charge in [-0.2, -0.15) is 0 Å². The quantitative estimate of drug-likeness (QED) is 0.871. The molecule has 0 aromatic carbocycles. The van der Waals surface area contributed by atoms with E-state index in [9.17, 15) is 9.90 Å². The molecule has 18 heavy (non-hydrogen) atoms. The molecule has 1 aliphatic rings. The van der Waals surface area contributed by atoms with Crippen LogP contribution in [0.4, 0.5) is 0 Å². The Labute approximate surface area is 112 Å². The predicted molar refractivity (Wildman–Crippen MR) is 72.5 cm³/mol. The molecule has 4 nitrogen and oxygen atoms in total. The molecule has 2 heterocycles. The van der Waals surface area contributed by atoms with Crippen LogP contribution in [0.5, 0.6) is 0 Å². The van der Waals surface area contributed by atoms with E-state index in [2.05, 4.69) is 0 Å². The summed E-state index contributed by atoms with van der Waals surface area (Å²) in [7, 11) is 1.83. The smallest absolute Gasteiger partial charge is 0.236 e. The van der Waals surface area contributed by atoms with Crippen molar-refractivity contribution < 1.29 is 9.90 Å². The molecule has 100 valence electrons. The van der Waals surface area contributed by atoms with E-state index in [1.807, 2.05) is 36.4 Å². The van der Waals surface area contributed by atoms with Crippen molar-refractivity contribution in [1.29, 1.82) is 0 Å². The van der Waals surface area contributed by atoms with Crippen LogP contribution in [-0.2, 0) is 11.3 Å². The first-order valence-electron chi connectivity index (χ1n) is 6.23. The monoisotopic (exact) mass is 268 g/mol. The first-order valence-corrected chi connectivity index (χ1v) is 7.11. The van der Waals surface area contributed by atoms with E-state index >= 15 is 0 Å². The highest BCUT2D eigenvalue weighted by Gasteiger charge is 2.40. The zero-order valence-electron chi connectivity index (χ0n) is 10.9. The Kier molecular flexibility index (Phi) is 4.04. The number of rotatable bonds is 5. The van der Waals surface area contributed by atoms with Gasteiger partial charge in [-0.1, -0.05) is 13.0 Å². The Bertz CT molecular complexity index is 399. The van der Waals surface area contributed by atoms with Gasteiger partial charge >= 0.3 is 0 Å². The molecule has 0 aliphatic carbocycles. The summed E-state index contributed by atoms with van der Waals surface area (Å²) in [5, 5.41) is 11.9. The van der Waals surface area contributed by atoms with E-state index in [-0.39, 0.29) is 5.91 Å². The van der Waals surface area contributed by atoms with Gasteiger partial charge in [0.1, 0.15) is 0 Å². The highest BCUT2D eigenvalue weighted by molar-refractivity contribution is 7.09. The number of likely N-dealkylation sites (N-methyl/N-ethyl adjacent to an activating group) is 1. The minimum absolute atomic E-state index is 0.113. The molecule has 2 rings (SSSR count). The molecule has 0 bridgehead atoms. The summed E-state index contributed by atoms with van der Waals surface area (Å²) < 4.78 is 0. The average molecular weight is 268 g/mol. The number of hydrogen-bond donors (Lipinski definition) is 1. The molecule has 0 unspecified atom stereocenters. The minimum atomic E-state index is -0.563. The maximum Gasteiger partial charge on any atom is 0.236 e. The van der Waals surface area contributed by atoms with Crippen molar-refractivity contribution in [2.24, 2.45) is 0 Å². The number of β-amino-alcohol motifs (C(OH)–C–C–N with tert-alkyl or cyclic N) is 1. The first-order chi connectivity index (χ1) is 8.52. The topological polar surface area (TPSA) is 43.8 Å². The summed E-state index contributed by atoms with van der Waals surface area (Å²) in [6.45, 7) is 4.28. The summed E-state index contributed by atoms with van der Waals surface area (Å²) in [6.07, 6.45) is 0.753. The van der Waals surface area contributed by atoms with Gasteiger partial charge in [0, 0.05) is 25.0 Å². The molecular formula is C13H20N2O2S. The third kappa shape index (κ3) is 3.10. The van der Waals surface area contributed by atoms with Gasteiger partial charge in [0.15, 0.2) is 0 Å². The second-order valence-corrected chi connectivity index (χ2v) is 6.08. The maximum absolute atomic E-state index is 12.0. The van der Waals surface area contributed by atoms with Crippen LogP contribution in [0.25, 0.3) is 0 Å². The van der Waals surface area contributed by atoms with Crippen LogP contribution in [0.15, 0.2) is 17.5 Å². The van der Waals surface area contributed by atoms with Gasteiger partial charge in [-0.05, 0) is 17.9 Å². The first kappa shape index (κ1) is 13.5. The summed E-state index contributed by atoms with van der Waals surface area (Å²) >= 11 is 1.66. The predicted octanol–water partition coefficient (Wildman–Crippen LogP) is 1.16. The van der Waals surface area contributed by atoms with Crippen molar-refractivity contribution in [2.75, 3.05) is 26.7 Å². The Morgan fingerprint density at radius 3 is 2.89 bits per heavy atom. The number of thiophene rings is 1. The third-order valence-electron chi connectivity index (χ3n) is 3.45. The summed E-state index contributed by atoms with van der Waals surface area (Å²) in [6, 6.07) is 4.03. The standard InChI is InChI=1S/C13H20N2O2S/c1-3-13(17)9-15(10-13)8-12(16)14(2)7-11-5-4-6-18-11/h4-6,17H,3,7-10H2,1-2H3. The highest BCUT2D eigenvalue weighted by atomic mass is 32.1. The van der Waals surface area contributed by atoms with Gasteiger partial charge in [-0.15, -0.1) is 11.3 Å². The number of nitrogens with zero attached hydrogens (tertiary/aromatic N) is 2. The number of carbonyl (C=O) groups excluding carboxylic acids is 1. The van der Waals surface area contributed by atoms with Crippen LogP contribution >= 0.6 is 11.3 Å². The molecular weight excluding hydrogens is 248 g/mol. The average Bonchev–Trinajstić information content (AvgIpc) is 2.79. The number of amides is 1. The molecule has 1 fully saturated rings. The van der Waals surface area contributed by atoms with E-state index in [4.69, 9.17) is 0 Å². The van der Waals surface area contributed by atoms with Crippen LogP contribution in [0.3, 0.4) is 0 Å². The normalized spacial score (nSPS) is 18.4. The Balaban J connectivity index is 1.75. The second-order valence-electron chi connectivity index (χ2n) is 5.05. The van der Waals surface area contributed by atoms with Gasteiger partial charge < -0.3 is 10.0 Å². The van der Waals surface area contributed by atoms with E-state index in [1.165, 1.54) is 4.88 Å². The molecule has 1 aliphatic heterocycles. The van der Waals surface area contributed by atoms with Crippen molar-refractivity contribution >= 4 is 17.2 Å². The lowest BCUT2D eigenvalue weighted by atomic mass is 9.91. The Hall–Kier alpha value is -0.910. The molecule has 1 N–H and O–H groups in total. The number of hydrogen-bond acceptors (Lipinski definition) is 4. The summed E-state index contributed by atoms with van der Waals surface area (Å²) in [5.74, 6) is 0.113. The molecule has 0 radical (unpaired) electrons. The zero-order chi connectivity index (χ0) is 13.2. The van der Waals surface area contributed by atoms with Crippen LogP contribution in [0.2, 0.25) is 0 Å². The van der Waals surface area contributed by atoms with Crippen LogP contribution in [-0.4, -0.2) is 53.1 Å². The minimum Gasteiger partial charge on any atom is -0.387 e. The third-order valence-corrected chi connectivity index (χ3v) is 4.31. The van der Waals surface area contributed by atoms with Crippen LogP contribution in [0.1, 0.15) is 18.2 Å². The lowest BCUT2D eigenvalue weighted by Crippen LogP contribution is -2.62. The molecule has 1 aromatic heterocycles. The lowest BCUT2D eigenvalue weighted by molar-refractivity contribution is -0.141. The van der Waals surface area contributed by atoms with Crippen LogP contribution < -0.4 is 0 Å². The fraction of sp³-hybridized carbons (Fsp3) is 0.615. The molecule has 1 amide bonds. The van der Waals surface area contributed by atoms with Crippen molar-refractivity contribution in [2.45, 2.75) is 25.5 Å². The molecule has 1 aromatic rings. The molecule has 0 saturated carbocycles. The fourth-order valence-corrected chi connectivity index (χ4v) is 2.92. The van der Waals surface area contributed by atoms with Gasteiger partial charge in [-0.3, -0.25) is 9.69 Å². The molecule has 1 saturated heterocycles. The Morgan fingerprint density at radius 2 is 2.33 bits per heavy atom. The van der Waals surface area contributed by atoms with E-state index < -0.39 is 5.60 Å². The second kappa shape index (κ2) is 5.38. The van der Waals surface area contributed by atoms with E-state index in [1.54, 1.807) is 16.2 Å². The highest BCUT2D eigenvalue weighted by Crippen LogP contribution is 2.23. The fourth-order valence-electron chi connectivity index (χ4n) is 2.16. The van der Waals surface area contributed by atoms with Crippen molar-refractivity contribution in [3.05, 3.63) is 22.4 Å². The number of likely N-dealkylation sites (tertiary alicyclic amines) is 1. The van der Waals surface area contributed by atoms with Crippen molar-refractivity contribution in [1.82, 2.24) is 9.80 Å². The molecule has 0 spiro atoms. The molecule has 0 atom stereocenters. The zero-order valence-corrected chi connectivity index (χ0v) is 11.7. The Morgan fingerprint density at radius 1 is 1.61 bits per heavy atom. The summed E-state index contributed by atoms with van der Waals surface area (Å²) in [5.41, 5.74) is -0.563. The van der Waals surface area contributed by atoms with E-state index in [0.717, 1.165) is 6.42 Å². The van der Waals surface area contributed by atoms with Gasteiger partial charge in [-0.25, -0.2) is 0 Å².